The Bertz CT molecular complexity index is 634. The van der Waals surface area contributed by atoms with Gasteiger partial charge in [0.25, 0.3) is 0 Å². The van der Waals surface area contributed by atoms with Crippen molar-refractivity contribution in [2.45, 2.75) is 6.92 Å². The Labute approximate surface area is 114 Å². The molecule has 2 rings (SSSR count). The average molecular weight is 279 g/mol. The van der Waals surface area contributed by atoms with E-state index < -0.39 is 0 Å². The van der Waals surface area contributed by atoms with Crippen molar-refractivity contribution in [1.82, 2.24) is 9.97 Å². The maximum Gasteiger partial charge on any atom is 0.183 e. The van der Waals surface area contributed by atoms with Crippen LogP contribution in [0.5, 0.6) is 0 Å². The van der Waals surface area contributed by atoms with Crippen LogP contribution in [-0.4, -0.2) is 9.97 Å². The van der Waals surface area contributed by atoms with Gasteiger partial charge in [-0.05, 0) is 18.6 Å². The van der Waals surface area contributed by atoms with Crippen molar-refractivity contribution in [1.29, 1.82) is 5.26 Å². The molecule has 0 atom stereocenters. The first-order chi connectivity index (χ1) is 8.63. The Morgan fingerprint density at radius 1 is 1.22 bits per heavy atom. The van der Waals surface area contributed by atoms with E-state index in [9.17, 15) is 0 Å². The highest BCUT2D eigenvalue weighted by Gasteiger charge is 2.11. The number of nitriles is 1. The van der Waals surface area contributed by atoms with Gasteiger partial charge in [0.15, 0.2) is 11.5 Å². The van der Waals surface area contributed by atoms with Crippen LogP contribution in [0.4, 0.5) is 11.5 Å². The van der Waals surface area contributed by atoms with Crippen LogP contribution in [0, 0.1) is 18.3 Å². The summed E-state index contributed by atoms with van der Waals surface area (Å²) in [5.74, 6) is 0.328. The molecule has 2 aromatic rings. The number of benzene rings is 1. The molecule has 0 saturated heterocycles. The van der Waals surface area contributed by atoms with Crippen molar-refractivity contribution in [3.63, 3.8) is 0 Å². The van der Waals surface area contributed by atoms with Crippen molar-refractivity contribution in [2.24, 2.45) is 0 Å². The number of nitrogens with one attached hydrogen (secondary N) is 1. The Morgan fingerprint density at radius 2 is 1.94 bits per heavy atom. The van der Waals surface area contributed by atoms with E-state index in [1.165, 1.54) is 12.4 Å². The minimum atomic E-state index is 0.186. The molecule has 1 N–H and O–H groups in total. The molecule has 0 bridgehead atoms. The summed E-state index contributed by atoms with van der Waals surface area (Å²) in [7, 11) is 0. The number of halogens is 2. The van der Waals surface area contributed by atoms with Gasteiger partial charge in [-0.1, -0.05) is 29.3 Å². The monoisotopic (exact) mass is 278 g/mol. The highest BCUT2D eigenvalue weighted by atomic mass is 35.5. The molecule has 1 aromatic heterocycles. The van der Waals surface area contributed by atoms with Gasteiger partial charge in [0.2, 0.25) is 0 Å². The van der Waals surface area contributed by atoms with Gasteiger partial charge in [0.1, 0.15) is 6.07 Å². The maximum atomic E-state index is 8.93. The summed E-state index contributed by atoms with van der Waals surface area (Å²) in [5, 5.41) is 12.8. The third-order valence-corrected chi connectivity index (χ3v) is 3.13. The molecular weight excluding hydrogens is 271 g/mol. The minimum Gasteiger partial charge on any atom is -0.335 e. The molecule has 0 spiro atoms. The number of aryl methyl sites for hydroxylation is 1. The highest BCUT2D eigenvalue weighted by molar-refractivity contribution is 6.39. The number of hydrogen-bond acceptors (Lipinski definition) is 4. The van der Waals surface area contributed by atoms with Gasteiger partial charge < -0.3 is 5.32 Å². The van der Waals surface area contributed by atoms with Gasteiger partial charge >= 0.3 is 0 Å². The van der Waals surface area contributed by atoms with Gasteiger partial charge in [0, 0.05) is 12.4 Å². The topological polar surface area (TPSA) is 61.6 Å². The SMILES string of the molecule is Cc1ccc(Cl)c(Nc2nccnc2C#N)c1Cl. The van der Waals surface area contributed by atoms with Crippen LogP contribution in [0.1, 0.15) is 11.3 Å². The molecule has 0 radical (unpaired) electrons. The van der Waals surface area contributed by atoms with E-state index in [2.05, 4.69) is 15.3 Å². The lowest BCUT2D eigenvalue weighted by atomic mass is 10.2. The third kappa shape index (κ3) is 2.37. The van der Waals surface area contributed by atoms with Crippen molar-refractivity contribution in [2.75, 3.05) is 5.32 Å². The number of nitrogens with zero attached hydrogens (tertiary/aromatic N) is 3. The zero-order valence-electron chi connectivity index (χ0n) is 9.41. The first-order valence-electron chi connectivity index (χ1n) is 5.06. The average Bonchev–Trinajstić information content (AvgIpc) is 2.39. The van der Waals surface area contributed by atoms with E-state index in [-0.39, 0.29) is 5.69 Å². The van der Waals surface area contributed by atoms with E-state index in [0.29, 0.717) is 21.6 Å². The molecule has 1 aromatic carbocycles. The fourth-order valence-electron chi connectivity index (χ4n) is 1.40. The second-order valence-corrected chi connectivity index (χ2v) is 4.33. The van der Waals surface area contributed by atoms with E-state index >= 15 is 0 Å². The molecule has 6 heteroatoms. The Kier molecular flexibility index (Phi) is 3.66. The lowest BCUT2D eigenvalue weighted by molar-refractivity contribution is 1.16. The second-order valence-electron chi connectivity index (χ2n) is 3.54. The van der Waals surface area contributed by atoms with Crippen molar-refractivity contribution in [3.8, 4) is 6.07 Å². The molecule has 1 heterocycles. The third-order valence-electron chi connectivity index (χ3n) is 2.33. The molecule has 18 heavy (non-hydrogen) atoms. The van der Waals surface area contributed by atoms with Crippen LogP contribution in [0.3, 0.4) is 0 Å². The van der Waals surface area contributed by atoms with Crippen LogP contribution >= 0.6 is 23.2 Å². The molecule has 0 amide bonds. The number of anilines is 2. The van der Waals surface area contributed by atoms with E-state index in [4.69, 9.17) is 28.5 Å². The summed E-state index contributed by atoms with van der Waals surface area (Å²) in [4.78, 5) is 7.95. The first-order valence-corrected chi connectivity index (χ1v) is 5.82. The van der Waals surface area contributed by atoms with Gasteiger partial charge in [-0.15, -0.1) is 0 Å². The van der Waals surface area contributed by atoms with Crippen molar-refractivity contribution >= 4 is 34.7 Å². The van der Waals surface area contributed by atoms with Crippen LogP contribution in [0.2, 0.25) is 10.0 Å². The molecule has 90 valence electrons. The van der Waals surface area contributed by atoms with Gasteiger partial charge in [-0.3, -0.25) is 0 Å². The smallest absolute Gasteiger partial charge is 0.183 e. The Balaban J connectivity index is 2.47. The number of hydrogen-bond donors (Lipinski definition) is 1. The molecular formula is C12H8Cl2N4. The Morgan fingerprint density at radius 3 is 2.67 bits per heavy atom. The quantitative estimate of drug-likeness (QED) is 0.910. The van der Waals surface area contributed by atoms with Crippen LogP contribution in [0.15, 0.2) is 24.5 Å². The maximum absolute atomic E-state index is 8.93. The summed E-state index contributed by atoms with van der Waals surface area (Å²) in [5.41, 5.74) is 1.59. The Hall–Kier alpha value is -1.83. The lowest BCUT2D eigenvalue weighted by Gasteiger charge is -2.11. The molecule has 0 aliphatic heterocycles. The molecule has 4 nitrogen and oxygen atoms in total. The van der Waals surface area contributed by atoms with Crippen molar-refractivity contribution in [3.05, 3.63) is 45.8 Å². The lowest BCUT2D eigenvalue weighted by Crippen LogP contribution is -2.00. The summed E-state index contributed by atoms with van der Waals surface area (Å²) < 4.78 is 0. The molecule has 0 saturated carbocycles. The molecule has 0 fully saturated rings. The van der Waals surface area contributed by atoms with E-state index in [0.717, 1.165) is 5.56 Å². The first kappa shape index (κ1) is 12.6. The van der Waals surface area contributed by atoms with Crippen LogP contribution in [0.25, 0.3) is 0 Å². The zero-order chi connectivity index (χ0) is 13.1. The fraction of sp³-hybridized carbons (Fsp3) is 0.0833. The zero-order valence-corrected chi connectivity index (χ0v) is 10.9. The minimum absolute atomic E-state index is 0.186. The van der Waals surface area contributed by atoms with Crippen LogP contribution < -0.4 is 5.32 Å². The summed E-state index contributed by atoms with van der Waals surface area (Å²) in [6.07, 6.45) is 2.93. The molecule has 0 aliphatic rings. The highest BCUT2D eigenvalue weighted by Crippen LogP contribution is 2.34. The fourth-order valence-corrected chi connectivity index (χ4v) is 1.87. The largest absolute Gasteiger partial charge is 0.335 e. The van der Waals surface area contributed by atoms with Gasteiger partial charge in [-0.2, -0.15) is 5.26 Å². The van der Waals surface area contributed by atoms with E-state index in [1.54, 1.807) is 6.07 Å². The molecule has 0 unspecified atom stereocenters. The second kappa shape index (κ2) is 5.21. The van der Waals surface area contributed by atoms with Gasteiger partial charge in [0.05, 0.1) is 15.7 Å². The van der Waals surface area contributed by atoms with Crippen molar-refractivity contribution < 1.29 is 0 Å². The summed E-state index contributed by atoms with van der Waals surface area (Å²) in [6, 6.07) is 5.49. The van der Waals surface area contributed by atoms with Crippen LogP contribution in [-0.2, 0) is 0 Å². The van der Waals surface area contributed by atoms with Gasteiger partial charge in [-0.25, -0.2) is 9.97 Å². The summed E-state index contributed by atoms with van der Waals surface area (Å²) >= 11 is 12.2. The number of rotatable bonds is 2. The normalized spacial score (nSPS) is 9.89. The predicted molar refractivity (Wildman–Crippen MR) is 71.2 cm³/mol. The standard InChI is InChI=1S/C12H8Cl2N4/c1-7-2-3-8(13)11(10(7)14)18-12-9(6-15)16-4-5-17-12/h2-5H,1H3,(H,17,18). The summed E-state index contributed by atoms with van der Waals surface area (Å²) in [6.45, 7) is 1.87. The predicted octanol–water partition coefficient (Wildman–Crippen LogP) is 3.71. The number of aromatic nitrogens is 2. The van der Waals surface area contributed by atoms with E-state index in [1.807, 2.05) is 19.1 Å². The molecule has 0 aliphatic carbocycles.